The van der Waals surface area contributed by atoms with E-state index in [0.717, 1.165) is 10.9 Å². The Balaban J connectivity index is 1.56. The van der Waals surface area contributed by atoms with Gasteiger partial charge in [-0.05, 0) is 127 Å². The molecule has 0 bridgehead atoms. The lowest BCUT2D eigenvalue weighted by atomic mass is 9.98. The Morgan fingerprint density at radius 2 is 0.958 bits per heavy atom. The van der Waals surface area contributed by atoms with Crippen LogP contribution in [0, 0.1) is 23.7 Å². The number of aliphatic hydroxyl groups is 2. The van der Waals surface area contributed by atoms with Crippen molar-refractivity contribution in [3.05, 3.63) is 54.2 Å². The van der Waals surface area contributed by atoms with Crippen molar-refractivity contribution in [3.8, 4) is 0 Å². The zero-order valence-corrected chi connectivity index (χ0v) is 69.0. The smallest absolute Gasteiger partial charge is 0.326 e. The molecule has 3 heterocycles. The fourth-order valence-electron chi connectivity index (χ4n) is 13.0. The molecule has 4 rings (SSSR count). The van der Waals surface area contributed by atoms with Crippen LogP contribution in [0.4, 0.5) is 0 Å². The number of hydrogen-bond donors (Lipinski definition) is 23. The quantitative estimate of drug-likeness (QED) is 0.0143. The van der Waals surface area contributed by atoms with Crippen molar-refractivity contribution >= 4 is 111 Å². The number of nitrogens with two attached hydrogens (primary N) is 6. The number of imidazole rings is 1. The van der Waals surface area contributed by atoms with Crippen LogP contribution in [0.1, 0.15) is 164 Å². The molecular weight excluding hydrogens is 1540 g/mol. The summed E-state index contributed by atoms with van der Waals surface area (Å²) < 4.78 is 0. The topological polar surface area (TPSA) is 690 Å². The van der Waals surface area contributed by atoms with E-state index < -0.39 is 199 Å². The number of primary amides is 1. The number of aromatic amines is 2. The number of likely N-dealkylation sites (tertiary alicyclic amines) is 1. The molecule has 1 aromatic carbocycles. The van der Waals surface area contributed by atoms with E-state index in [9.17, 15) is 82.4 Å². The average Bonchev–Trinajstić information content (AvgIpc) is 1.64. The Morgan fingerprint density at radius 1 is 0.508 bits per heavy atom. The normalized spacial score (nSPS) is 16.2. The lowest BCUT2D eigenvalue weighted by Gasteiger charge is -2.32. The molecule has 15 atom stereocenters. The number of nitrogens with zero attached hydrogens (tertiary/aromatic N) is 4. The minimum Gasteiger partial charge on any atom is -0.480 e. The molecule has 29 N–H and O–H groups in total. The third kappa shape index (κ3) is 33.6. The largest absolute Gasteiger partial charge is 0.480 e. The van der Waals surface area contributed by atoms with Gasteiger partial charge in [-0.25, -0.2) is 9.78 Å². The Bertz CT molecular complexity index is 3950. The van der Waals surface area contributed by atoms with Crippen molar-refractivity contribution in [2.75, 3.05) is 26.2 Å². The van der Waals surface area contributed by atoms with Gasteiger partial charge in [0.2, 0.25) is 82.7 Å². The van der Waals surface area contributed by atoms with Crippen LogP contribution in [0.2, 0.25) is 0 Å². The fourth-order valence-corrected chi connectivity index (χ4v) is 13.0. The van der Waals surface area contributed by atoms with Gasteiger partial charge >= 0.3 is 5.97 Å². The van der Waals surface area contributed by atoms with Crippen LogP contribution >= 0.6 is 0 Å². The molecule has 42 heteroatoms. The van der Waals surface area contributed by atoms with Crippen molar-refractivity contribution in [2.45, 2.75) is 257 Å². The van der Waals surface area contributed by atoms with E-state index in [-0.39, 0.29) is 126 Å². The van der Waals surface area contributed by atoms with E-state index in [4.69, 9.17) is 34.4 Å². The maximum atomic E-state index is 15.1. The number of guanidine groups is 2. The van der Waals surface area contributed by atoms with Crippen LogP contribution in [0.25, 0.3) is 10.9 Å². The second kappa shape index (κ2) is 48.8. The highest BCUT2D eigenvalue weighted by Gasteiger charge is 2.42. The molecule has 14 amide bonds. The molecule has 118 heavy (non-hydrogen) atoms. The van der Waals surface area contributed by atoms with Gasteiger partial charge in [-0.15, -0.1) is 0 Å². The second-order valence-corrected chi connectivity index (χ2v) is 31.3. The van der Waals surface area contributed by atoms with Crippen molar-refractivity contribution in [2.24, 2.45) is 68.1 Å². The number of benzene rings is 1. The van der Waals surface area contributed by atoms with Crippen LogP contribution in [0.3, 0.4) is 0 Å². The van der Waals surface area contributed by atoms with Gasteiger partial charge in [0.1, 0.15) is 78.5 Å². The number of nitrogens with one attached hydrogen (secondary N) is 14. The third-order valence-corrected chi connectivity index (χ3v) is 19.1. The molecular formula is C76H124N24O18. The van der Waals surface area contributed by atoms with Crippen LogP contribution in [-0.4, -0.2) is 253 Å². The predicted octanol–water partition coefficient (Wildman–Crippen LogP) is -5.13. The summed E-state index contributed by atoms with van der Waals surface area (Å²) in [5.74, 6) is -15.1. The van der Waals surface area contributed by atoms with Gasteiger partial charge in [0.05, 0.1) is 25.1 Å². The first-order valence-corrected chi connectivity index (χ1v) is 39.6. The third-order valence-electron chi connectivity index (χ3n) is 19.1. The highest BCUT2D eigenvalue weighted by atomic mass is 16.4. The first kappa shape index (κ1) is 98.8. The van der Waals surface area contributed by atoms with Gasteiger partial charge < -0.3 is 128 Å². The minimum atomic E-state index is -1.77. The monoisotopic (exact) mass is 1660 g/mol. The van der Waals surface area contributed by atoms with E-state index >= 15 is 4.79 Å². The Kier molecular flexibility index (Phi) is 40.9. The van der Waals surface area contributed by atoms with Gasteiger partial charge in [0.15, 0.2) is 11.9 Å². The number of fused-ring (bicyclic) bond motifs is 1. The van der Waals surface area contributed by atoms with Gasteiger partial charge in [0.25, 0.3) is 0 Å². The van der Waals surface area contributed by atoms with Crippen LogP contribution in [-0.2, 0) is 84.8 Å². The lowest BCUT2D eigenvalue weighted by molar-refractivity contribution is -0.143. The number of carboxylic acids is 1. The zero-order valence-electron chi connectivity index (χ0n) is 69.0. The summed E-state index contributed by atoms with van der Waals surface area (Å²) in [6.07, 6.45) is 2.29. The summed E-state index contributed by atoms with van der Waals surface area (Å²) in [6, 6.07) is -12.7. The SMILES string of the molecule is CC(C)C[C@H](NC(=O)[C@H](Cc1c[nH]c2ccccc12)NC(=O)[C@@H](NC(=O)[C@@H](N)CC(C)C)[C@@H](C)O)C(=O)N[C@@H](CC(C)C)C(=O)N[C@@H](CC(C)C)C(=O)N1CCC[C@H]1C(=O)N[C@@H](Cc1cnc[nH]1)C(=O)N[C@@H](CCCN=C(N)N)C(=O)N[C@@H](C)C(=O)N[C@@H](C)C(=O)N[C@@H](CCCN=C(N)N)C(=O)N[C@@H](CO)C(=O)N[C@@H](CCC(N)=O)C(=O)O. The average molecular weight is 1660 g/mol. The number of para-hydroxylation sites is 1. The summed E-state index contributed by atoms with van der Waals surface area (Å²) in [5, 5.41) is 62.1. The number of aliphatic hydroxyl groups excluding tert-OH is 2. The lowest BCUT2D eigenvalue weighted by Crippen LogP contribution is -2.61. The number of aliphatic imine (C=N–C) groups is 2. The first-order chi connectivity index (χ1) is 55.5. The van der Waals surface area contributed by atoms with Crippen LogP contribution in [0.15, 0.2) is 53.0 Å². The number of carboxylic acid groups (broad SMARTS) is 1. The fraction of sp³-hybridized carbons (Fsp3) is 0.632. The summed E-state index contributed by atoms with van der Waals surface area (Å²) in [6.45, 7) is 17.3. The molecule has 42 nitrogen and oxygen atoms in total. The number of aliphatic carboxylic acids is 1. The van der Waals surface area contributed by atoms with Crippen LogP contribution in [0.5, 0.6) is 0 Å². The molecule has 656 valence electrons. The van der Waals surface area contributed by atoms with Crippen molar-refractivity contribution < 1.29 is 87.2 Å². The van der Waals surface area contributed by atoms with E-state index in [2.05, 4.69) is 88.7 Å². The maximum Gasteiger partial charge on any atom is 0.326 e. The number of carbonyl (C=O) groups excluding carboxylic acids is 14. The summed E-state index contributed by atoms with van der Waals surface area (Å²) in [5.41, 5.74) is 35.0. The molecule has 1 aliphatic heterocycles. The van der Waals surface area contributed by atoms with Crippen molar-refractivity contribution in [3.63, 3.8) is 0 Å². The predicted molar refractivity (Wildman–Crippen MR) is 434 cm³/mol. The Morgan fingerprint density at radius 3 is 1.47 bits per heavy atom. The summed E-state index contributed by atoms with van der Waals surface area (Å²) >= 11 is 0. The van der Waals surface area contributed by atoms with Gasteiger partial charge in [-0.3, -0.25) is 77.1 Å². The van der Waals surface area contributed by atoms with E-state index in [1.165, 1.54) is 38.2 Å². The zero-order chi connectivity index (χ0) is 88.4. The van der Waals surface area contributed by atoms with Gasteiger partial charge in [-0.1, -0.05) is 73.6 Å². The van der Waals surface area contributed by atoms with Crippen LogP contribution < -0.4 is 98.2 Å². The number of H-pyrrole nitrogens is 2. The highest BCUT2D eigenvalue weighted by Crippen LogP contribution is 2.24. The number of hydrogen-bond acceptors (Lipinski definition) is 21. The standard InChI is InChI=1S/C76H124N24O18/c1-37(2)27-47(77)63(106)99-60(43(11)102)72(115)96-54(31-44-33-86-48-18-13-12-17-46(44)48)68(111)94-52(28-38(3)4)66(109)93-53(29-39(5)6)67(110)97-56(30-40(7)8)73(116)100-26-16-21-58(100)71(114)95-55(32-45-34-83-36-87-45)69(112)91-49(19-14-24-84-75(79)80)64(107)89-41(9)61(104)88-42(10)62(105)90-50(20-15-25-85-76(81)82)65(108)98-57(35-101)70(113)92-51(74(117)118)22-23-59(78)103/h12-13,17-18,33-34,36-43,47,49-58,60,86,101-102H,14-16,19-32,35,77H2,1-11H3,(H2,78,103)(H,83,87)(H,88,104)(H,89,107)(H,90,105)(H,91,112)(H,92,113)(H,93,109)(H,94,111)(H,95,114)(H,96,115)(H,97,110)(H,98,108)(H,99,106)(H,117,118)(H4,79,80,84)(H4,81,82,85)/t41-,42-,43+,47-,49-,50-,51-,52-,53-,54-,55-,56-,57-,58-,60-/m0/s1. The van der Waals surface area contributed by atoms with E-state index in [1.807, 2.05) is 73.6 Å². The number of amides is 14. The van der Waals surface area contributed by atoms with E-state index in [1.54, 1.807) is 12.3 Å². The van der Waals surface area contributed by atoms with Gasteiger partial charge in [0, 0.05) is 67.9 Å². The molecule has 0 spiro atoms. The Hall–Kier alpha value is -11.6. The number of rotatable bonds is 51. The first-order valence-electron chi connectivity index (χ1n) is 39.6. The molecule has 0 saturated carbocycles. The Labute approximate surface area is 685 Å². The molecule has 1 fully saturated rings. The van der Waals surface area contributed by atoms with Crippen molar-refractivity contribution in [1.82, 2.24) is 83.7 Å². The molecule has 2 aromatic heterocycles. The maximum absolute atomic E-state index is 15.1. The second-order valence-electron chi connectivity index (χ2n) is 31.3. The van der Waals surface area contributed by atoms with Crippen molar-refractivity contribution in [1.29, 1.82) is 0 Å². The molecule has 3 aromatic rings. The highest BCUT2D eigenvalue weighted by molar-refractivity contribution is 6.01. The summed E-state index contributed by atoms with van der Waals surface area (Å²) in [7, 11) is 0. The number of carbonyl (C=O) groups is 15. The van der Waals surface area contributed by atoms with Gasteiger partial charge in [-0.2, -0.15) is 0 Å². The molecule has 1 saturated heterocycles. The van der Waals surface area contributed by atoms with E-state index in [0.29, 0.717) is 17.7 Å². The molecule has 0 aliphatic carbocycles. The minimum absolute atomic E-state index is 0.0248. The molecule has 1 aliphatic rings. The number of aromatic nitrogens is 3. The summed E-state index contributed by atoms with van der Waals surface area (Å²) in [4.78, 5) is 227. The molecule has 0 unspecified atom stereocenters. The molecule has 0 radical (unpaired) electrons.